The Hall–Kier alpha value is 0.601. The Morgan fingerprint density at radius 2 is 1.28 bits per heavy atom. The molecule has 0 aromatic rings. The minimum Gasteiger partial charge on any atom is -0.462 e. The van der Waals surface area contributed by atoms with Crippen LogP contribution in [-0.2, 0) is 27.8 Å². The van der Waals surface area contributed by atoms with Crippen molar-refractivity contribution in [3.8, 4) is 0 Å². The molecule has 2 saturated heterocycles. The predicted octanol–water partition coefficient (Wildman–Crippen LogP) is 10.4. The van der Waals surface area contributed by atoms with E-state index < -0.39 is 22.9 Å². The molecule has 0 amide bonds. The van der Waals surface area contributed by atoms with Gasteiger partial charge in [-0.3, -0.25) is 4.79 Å². The fourth-order valence-corrected chi connectivity index (χ4v) is 12.9. The Bertz CT molecular complexity index is 1280. The van der Waals surface area contributed by atoms with E-state index in [9.17, 15) is 15.0 Å². The maximum Gasteiger partial charge on any atom is 0.336 e. The first-order valence-electron chi connectivity index (χ1n) is 22.7. The second-order valence-electron chi connectivity index (χ2n) is 21.4. The molecule has 4 rings (SSSR count). The van der Waals surface area contributed by atoms with E-state index in [-0.39, 0.29) is 82.7 Å². The SMILES string of the molecule is CC(C)[CH2][AlH][CH2]C(C)C.CC[C@@H](/C=C/[C@@H]1[C@H]2CC(=O)O[C@H]2C[C@H]1OB(P)P)O[Si](C)(C)C(C)(C)C.CC[C@@H](/C=C/[C@@H]1[C@H]2CC(O)O[C@H]2C[C@H]1O)O[Si](C)(C)C(C)(C)C. The van der Waals surface area contributed by atoms with Crippen LogP contribution < -0.4 is 0 Å². The van der Waals surface area contributed by atoms with Crippen LogP contribution in [0.4, 0.5) is 0 Å². The molecule has 2 heterocycles. The Kier molecular flexibility index (Phi) is 22.7. The third-order valence-electron chi connectivity index (χ3n) is 13.5. The van der Waals surface area contributed by atoms with Gasteiger partial charge in [0.15, 0.2) is 22.9 Å². The van der Waals surface area contributed by atoms with Gasteiger partial charge in [0, 0.05) is 37.0 Å². The number of hydrogen-bond acceptors (Lipinski definition) is 8. The van der Waals surface area contributed by atoms with Crippen molar-refractivity contribution in [1.29, 1.82) is 0 Å². The van der Waals surface area contributed by atoms with Crippen molar-refractivity contribution < 1.29 is 38.0 Å². The van der Waals surface area contributed by atoms with E-state index in [1.165, 1.54) is 10.6 Å². The van der Waals surface area contributed by atoms with Gasteiger partial charge in [-0.1, -0.05) is 130 Å². The van der Waals surface area contributed by atoms with Gasteiger partial charge in [-0.2, -0.15) is 0 Å². The van der Waals surface area contributed by atoms with Crippen molar-refractivity contribution >= 4 is 62.4 Å². The van der Waals surface area contributed by atoms with Gasteiger partial charge < -0.3 is 33.2 Å². The second-order valence-corrected chi connectivity index (χ2v) is 34.9. The molecule has 4 aliphatic rings. The van der Waals surface area contributed by atoms with E-state index in [1.807, 2.05) is 0 Å². The summed E-state index contributed by atoms with van der Waals surface area (Å²) in [5, 5.41) is 23.4. The predicted molar refractivity (Wildman–Crippen MR) is 259 cm³/mol. The number of rotatable bonds is 16. The highest BCUT2D eigenvalue weighted by atomic mass is 31.1. The summed E-state index contributed by atoms with van der Waals surface area (Å²) in [6.45, 7) is 36.3. The molecule has 13 atom stereocenters. The van der Waals surface area contributed by atoms with Gasteiger partial charge in [0.25, 0.3) is 0 Å². The lowest BCUT2D eigenvalue weighted by atomic mass is 9.91. The summed E-state index contributed by atoms with van der Waals surface area (Å²) >= 11 is 0.316. The molecule has 14 heteroatoms. The molecule has 0 radical (unpaired) electrons. The molecule has 0 aromatic heterocycles. The molecule has 4 fully saturated rings. The lowest BCUT2D eigenvalue weighted by Crippen LogP contribution is -2.43. The average molecular weight is 901 g/mol. The molecule has 58 heavy (non-hydrogen) atoms. The Balaban J connectivity index is 0.000000333. The van der Waals surface area contributed by atoms with Crippen molar-refractivity contribution in [1.82, 2.24) is 0 Å². The number of carbonyl (C=O) groups excluding carboxylic acids is 1. The van der Waals surface area contributed by atoms with E-state index in [2.05, 4.69) is 152 Å². The topological polar surface area (TPSA) is 104 Å². The summed E-state index contributed by atoms with van der Waals surface area (Å²) in [4.78, 5) is 11.7. The zero-order valence-corrected chi connectivity index (χ0v) is 45.5. The summed E-state index contributed by atoms with van der Waals surface area (Å²) in [6, 6.07) is 0. The van der Waals surface area contributed by atoms with Crippen molar-refractivity contribution in [3.63, 3.8) is 0 Å². The summed E-state index contributed by atoms with van der Waals surface area (Å²) < 4.78 is 30.1. The van der Waals surface area contributed by atoms with Crippen molar-refractivity contribution in [2.24, 2.45) is 35.5 Å². The van der Waals surface area contributed by atoms with Gasteiger partial charge >= 0.3 is 12.3 Å². The number of aliphatic hydroxyl groups excluding tert-OH is 2. The first kappa shape index (κ1) is 54.7. The lowest BCUT2D eigenvalue weighted by molar-refractivity contribution is -0.141. The standard InChI is InChI=1S/C18H35BO4P2Si.C18H34O4Si.2C4H9.Al.H/c1-7-12(23-26(5,6)18(2,3)4)8-9-13-14-10-17(20)21-15(14)11-16(13)22-19(24)25;1-7-12(22-23(5,6)18(2,3)4)8-9-13-14-10-17(20)21-16(14)11-15(13)19;2*1-4(2)3;;/h8-9,12-16H,7,10-11,24-25H2,1-6H3;8-9,12-17,19-20H,7,10-11H2,1-6H3;2*4H,1H2,2-3H3;;/b2*9-8+;;;;/t12-,13+,14+,15-,16+;12-,13+,14+,15+,16-,17?;;;;/m00..../s1. The van der Waals surface area contributed by atoms with Crippen molar-refractivity contribution in [3.05, 3.63) is 24.3 Å². The molecule has 8 nitrogen and oxygen atoms in total. The van der Waals surface area contributed by atoms with E-state index in [1.54, 1.807) is 0 Å². The largest absolute Gasteiger partial charge is 0.462 e. The van der Waals surface area contributed by atoms with Crippen LogP contribution in [-0.4, -0.2) is 97.3 Å². The van der Waals surface area contributed by atoms with E-state index in [0.717, 1.165) is 31.1 Å². The number of hydrogen-bond donors (Lipinski definition) is 2. The van der Waals surface area contributed by atoms with Crippen LogP contribution >= 0.6 is 18.2 Å². The fraction of sp³-hybridized carbons (Fsp3) is 0.886. The van der Waals surface area contributed by atoms with Crippen LogP contribution in [0.5, 0.6) is 0 Å². The smallest absolute Gasteiger partial charge is 0.336 e. The molecule has 336 valence electrons. The molecule has 2 aliphatic heterocycles. The molecule has 2 N–H and O–H groups in total. The highest BCUT2D eigenvalue weighted by Gasteiger charge is 2.50. The maximum atomic E-state index is 11.7. The monoisotopic (exact) mass is 901 g/mol. The highest BCUT2D eigenvalue weighted by molar-refractivity contribution is 7.92. The molecular weight excluding hydrogens is 812 g/mol. The van der Waals surface area contributed by atoms with E-state index in [0.29, 0.717) is 34.5 Å². The van der Waals surface area contributed by atoms with Gasteiger partial charge in [0.2, 0.25) is 15.2 Å². The third kappa shape index (κ3) is 17.3. The highest BCUT2D eigenvalue weighted by Crippen LogP contribution is 2.46. The third-order valence-corrected chi connectivity index (χ3v) is 26.0. The number of carbonyl (C=O) groups is 1. The zero-order chi connectivity index (χ0) is 44.4. The van der Waals surface area contributed by atoms with Gasteiger partial charge in [-0.15, -0.1) is 18.2 Å². The molecule has 2 aliphatic carbocycles. The summed E-state index contributed by atoms with van der Waals surface area (Å²) in [5.74, 6) is 2.55. The number of aliphatic hydroxyl groups is 2. The second kappa shape index (κ2) is 24.0. The average Bonchev–Trinajstić information content (AvgIpc) is 3.78. The number of ether oxygens (including phenoxy) is 2. The molecule has 0 spiro atoms. The number of fused-ring (bicyclic) bond motifs is 2. The summed E-state index contributed by atoms with van der Waals surface area (Å²) in [5.41, 5.74) is 0. The molecule has 2 saturated carbocycles. The van der Waals surface area contributed by atoms with Crippen LogP contribution in [0.15, 0.2) is 24.3 Å². The first-order valence-corrected chi connectivity index (χ1v) is 31.9. The van der Waals surface area contributed by atoms with Crippen LogP contribution in [0.1, 0.15) is 122 Å². The first-order chi connectivity index (χ1) is 26.6. The fourth-order valence-electron chi connectivity index (χ4n) is 7.91. The molecule has 0 aromatic carbocycles. The Morgan fingerprint density at radius 1 is 0.793 bits per heavy atom. The summed E-state index contributed by atoms with van der Waals surface area (Å²) in [7, 11) is 1.71. The van der Waals surface area contributed by atoms with Crippen LogP contribution in [0.2, 0.25) is 46.8 Å². The van der Waals surface area contributed by atoms with Gasteiger partial charge in [0.1, 0.15) is 6.10 Å². The van der Waals surface area contributed by atoms with Crippen LogP contribution in [0, 0.1) is 35.5 Å². The Morgan fingerprint density at radius 3 is 1.71 bits per heavy atom. The maximum absolute atomic E-state index is 11.7. The van der Waals surface area contributed by atoms with Crippen molar-refractivity contribution in [2.45, 2.75) is 211 Å². The normalized spacial score (nSPS) is 29.9. The van der Waals surface area contributed by atoms with Crippen molar-refractivity contribution in [2.75, 3.05) is 0 Å². The van der Waals surface area contributed by atoms with Gasteiger partial charge in [0.05, 0.1) is 36.9 Å². The van der Waals surface area contributed by atoms with E-state index in [4.69, 9.17) is 23.0 Å². The van der Waals surface area contributed by atoms with Gasteiger partial charge in [-0.25, -0.2) is 0 Å². The van der Waals surface area contributed by atoms with E-state index >= 15 is 0 Å². The Labute approximate surface area is 369 Å². The number of esters is 1. The minimum absolute atomic E-state index is 0.00251. The van der Waals surface area contributed by atoms with Gasteiger partial charge in [-0.05, 0) is 55.0 Å². The minimum atomic E-state index is -1.81. The molecule has 0 bridgehead atoms. The van der Waals surface area contributed by atoms with Crippen LogP contribution in [0.3, 0.4) is 0 Å². The van der Waals surface area contributed by atoms with Crippen LogP contribution in [0.25, 0.3) is 0 Å². The quantitative estimate of drug-likeness (QED) is 0.0683. The zero-order valence-electron chi connectivity index (χ0n) is 39.8. The summed E-state index contributed by atoms with van der Waals surface area (Å²) in [6.07, 6.45) is 12.3. The molecular formula is C44H88AlBO8P2Si2. The lowest BCUT2D eigenvalue weighted by Gasteiger charge is -2.38. The molecule has 3 unspecified atom stereocenters.